The monoisotopic (exact) mass is 308 g/mol. The van der Waals surface area contributed by atoms with E-state index in [9.17, 15) is 0 Å². The molecule has 0 radical (unpaired) electrons. The van der Waals surface area contributed by atoms with E-state index in [1.165, 1.54) is 89.9 Å². The van der Waals surface area contributed by atoms with Crippen molar-refractivity contribution in [3.8, 4) is 0 Å². The minimum Gasteiger partial charge on any atom is -0.386 e. The van der Waals surface area contributed by atoms with E-state index in [-0.39, 0.29) is 0 Å². The highest BCUT2D eigenvalue weighted by atomic mass is 15.0. The first-order valence-corrected chi connectivity index (χ1v) is 9.60. The molecule has 0 aliphatic carbocycles. The van der Waals surface area contributed by atoms with E-state index in [2.05, 4.69) is 31.0 Å². The molecule has 0 rings (SSSR count). The topological polar surface area (TPSA) is 38.0 Å². The van der Waals surface area contributed by atoms with E-state index >= 15 is 0 Å². The maximum absolute atomic E-state index is 5.45. The van der Waals surface area contributed by atoms with E-state index in [0.29, 0.717) is 5.82 Å². The first-order valence-electron chi connectivity index (χ1n) is 9.60. The third-order valence-electron chi connectivity index (χ3n) is 4.04. The molecule has 0 aromatic carbocycles. The largest absolute Gasteiger partial charge is 0.386 e. The molecule has 22 heavy (non-hydrogen) atoms. The lowest BCUT2D eigenvalue weighted by Crippen LogP contribution is -2.19. The Morgan fingerprint density at radius 1 is 0.773 bits per heavy atom. The van der Waals surface area contributed by atoms with Crippen LogP contribution in [0.5, 0.6) is 0 Å². The summed E-state index contributed by atoms with van der Waals surface area (Å²) in [6.45, 7) is 6.87. The zero-order valence-corrected chi connectivity index (χ0v) is 15.0. The third-order valence-corrected chi connectivity index (χ3v) is 4.04. The molecule has 0 saturated heterocycles. The van der Waals surface area contributed by atoms with Gasteiger partial charge in [-0.05, 0) is 32.1 Å². The van der Waals surface area contributed by atoms with Gasteiger partial charge in [0.2, 0.25) is 0 Å². The molecular formula is C20H40N2. The fraction of sp³-hybridized carbons (Fsp3) is 0.800. The molecule has 0 saturated carbocycles. The highest BCUT2D eigenvalue weighted by Gasteiger charge is 1.92. The van der Waals surface area contributed by atoms with Crippen molar-refractivity contribution in [1.82, 2.24) is 5.32 Å². The van der Waals surface area contributed by atoms with Crippen LogP contribution in [0.3, 0.4) is 0 Å². The average Bonchev–Trinajstić information content (AvgIpc) is 2.50. The van der Waals surface area contributed by atoms with Gasteiger partial charge in [-0.25, -0.2) is 0 Å². The maximum atomic E-state index is 5.45. The van der Waals surface area contributed by atoms with Crippen LogP contribution < -0.4 is 11.1 Å². The van der Waals surface area contributed by atoms with E-state index < -0.39 is 0 Å². The van der Waals surface area contributed by atoms with Gasteiger partial charge in [-0.15, -0.1) is 0 Å². The summed E-state index contributed by atoms with van der Waals surface area (Å²) in [7, 11) is 0. The lowest BCUT2D eigenvalue weighted by molar-refractivity contribution is 0.583. The molecule has 0 fully saturated rings. The molecule has 0 spiro atoms. The van der Waals surface area contributed by atoms with E-state index in [0.717, 1.165) is 6.54 Å². The van der Waals surface area contributed by atoms with E-state index in [1.54, 1.807) is 0 Å². The first kappa shape index (κ1) is 21.1. The Hall–Kier alpha value is -0.920. The van der Waals surface area contributed by atoms with Crippen LogP contribution in [0.1, 0.15) is 96.8 Å². The highest BCUT2D eigenvalue weighted by molar-refractivity contribution is 4.82. The predicted octanol–water partition coefficient (Wildman–Crippen LogP) is 6.04. The Bertz CT molecular complexity index is 258. The van der Waals surface area contributed by atoms with Crippen LogP contribution in [0.2, 0.25) is 0 Å². The molecule has 0 bridgehead atoms. The van der Waals surface area contributed by atoms with Crippen LogP contribution in [0.15, 0.2) is 24.6 Å². The lowest BCUT2D eigenvalue weighted by Gasteiger charge is -2.04. The molecule has 130 valence electrons. The standard InChI is InChI=1S/C20H40N2/c1-3-4-5-6-7-8-9-10-11-12-13-14-15-16-17-18-19-22-20(2)21/h10-11,22H,2-9,12-19,21H2,1H3. The minimum atomic E-state index is 0.591. The van der Waals surface area contributed by atoms with Crippen LogP contribution in [-0.2, 0) is 0 Å². The van der Waals surface area contributed by atoms with Gasteiger partial charge in [0.25, 0.3) is 0 Å². The second-order valence-corrected chi connectivity index (χ2v) is 6.39. The summed E-state index contributed by atoms with van der Waals surface area (Å²) in [6.07, 6.45) is 23.7. The van der Waals surface area contributed by atoms with Gasteiger partial charge in [0.15, 0.2) is 0 Å². The minimum absolute atomic E-state index is 0.591. The number of unbranched alkanes of at least 4 members (excludes halogenated alkanes) is 12. The Morgan fingerprint density at radius 2 is 1.23 bits per heavy atom. The summed E-state index contributed by atoms with van der Waals surface area (Å²) in [6, 6.07) is 0. The van der Waals surface area contributed by atoms with Crippen LogP contribution in [0.25, 0.3) is 0 Å². The molecule has 3 N–H and O–H groups in total. The van der Waals surface area contributed by atoms with Crippen LogP contribution in [0.4, 0.5) is 0 Å². The van der Waals surface area contributed by atoms with Gasteiger partial charge in [-0.1, -0.05) is 83.4 Å². The van der Waals surface area contributed by atoms with Gasteiger partial charge in [0.1, 0.15) is 0 Å². The zero-order valence-electron chi connectivity index (χ0n) is 15.0. The summed E-state index contributed by atoms with van der Waals surface area (Å²) in [4.78, 5) is 0. The van der Waals surface area contributed by atoms with Gasteiger partial charge < -0.3 is 11.1 Å². The van der Waals surface area contributed by atoms with Gasteiger partial charge in [-0.3, -0.25) is 0 Å². The van der Waals surface area contributed by atoms with Gasteiger partial charge >= 0.3 is 0 Å². The van der Waals surface area contributed by atoms with Gasteiger partial charge in [0.05, 0.1) is 5.82 Å². The third kappa shape index (κ3) is 19.1. The van der Waals surface area contributed by atoms with Crippen molar-refractivity contribution in [1.29, 1.82) is 0 Å². The Kier molecular flexibility index (Phi) is 17.4. The number of nitrogens with one attached hydrogen (secondary N) is 1. The molecule has 0 aliphatic heterocycles. The quantitative estimate of drug-likeness (QED) is 0.254. The molecule has 0 atom stereocenters. The fourth-order valence-corrected chi connectivity index (χ4v) is 2.62. The second kappa shape index (κ2) is 18.1. The maximum Gasteiger partial charge on any atom is 0.0885 e. The fourth-order valence-electron chi connectivity index (χ4n) is 2.62. The molecule has 0 heterocycles. The van der Waals surface area contributed by atoms with E-state index in [1.807, 2.05) is 0 Å². The predicted molar refractivity (Wildman–Crippen MR) is 101 cm³/mol. The molecule has 2 heteroatoms. The summed E-state index contributed by atoms with van der Waals surface area (Å²) in [5.41, 5.74) is 5.45. The number of hydrogen-bond donors (Lipinski definition) is 2. The normalized spacial score (nSPS) is 11.1. The van der Waals surface area contributed by atoms with Gasteiger partial charge in [0, 0.05) is 6.54 Å². The van der Waals surface area contributed by atoms with Gasteiger partial charge in [-0.2, -0.15) is 0 Å². The first-order chi connectivity index (χ1) is 10.8. The smallest absolute Gasteiger partial charge is 0.0885 e. The molecule has 0 aliphatic rings. The Balaban J connectivity index is 3.06. The van der Waals surface area contributed by atoms with Crippen molar-refractivity contribution in [2.75, 3.05) is 6.54 Å². The summed E-state index contributed by atoms with van der Waals surface area (Å²) in [5, 5.41) is 3.07. The summed E-state index contributed by atoms with van der Waals surface area (Å²) in [5.74, 6) is 0.591. The molecule has 0 aromatic rings. The van der Waals surface area contributed by atoms with Crippen molar-refractivity contribution < 1.29 is 0 Å². The zero-order chi connectivity index (χ0) is 16.3. The lowest BCUT2D eigenvalue weighted by atomic mass is 10.1. The number of allylic oxidation sites excluding steroid dienone is 2. The highest BCUT2D eigenvalue weighted by Crippen LogP contribution is 2.09. The Labute approximate surface area is 139 Å². The van der Waals surface area contributed by atoms with Crippen LogP contribution >= 0.6 is 0 Å². The second-order valence-electron chi connectivity index (χ2n) is 6.39. The number of nitrogens with two attached hydrogens (primary N) is 1. The molecular weight excluding hydrogens is 268 g/mol. The summed E-state index contributed by atoms with van der Waals surface area (Å²) >= 11 is 0. The van der Waals surface area contributed by atoms with E-state index in [4.69, 9.17) is 5.73 Å². The number of hydrogen-bond acceptors (Lipinski definition) is 2. The molecule has 0 aromatic heterocycles. The van der Waals surface area contributed by atoms with Crippen molar-refractivity contribution in [2.45, 2.75) is 96.8 Å². The van der Waals surface area contributed by atoms with Crippen molar-refractivity contribution in [2.24, 2.45) is 5.73 Å². The number of rotatable bonds is 17. The summed E-state index contributed by atoms with van der Waals surface area (Å²) < 4.78 is 0. The molecule has 0 amide bonds. The SMILES string of the molecule is C=C(N)NCCCCCCCCC=CCCCCCCCC. The molecule has 2 nitrogen and oxygen atoms in total. The van der Waals surface area contributed by atoms with Crippen LogP contribution in [0, 0.1) is 0 Å². The van der Waals surface area contributed by atoms with Crippen LogP contribution in [-0.4, -0.2) is 6.54 Å². The average molecular weight is 309 g/mol. The van der Waals surface area contributed by atoms with Crippen molar-refractivity contribution >= 4 is 0 Å². The molecule has 0 unspecified atom stereocenters. The van der Waals surface area contributed by atoms with Crippen molar-refractivity contribution in [3.63, 3.8) is 0 Å². The van der Waals surface area contributed by atoms with Crippen molar-refractivity contribution in [3.05, 3.63) is 24.6 Å². The Morgan fingerprint density at radius 3 is 1.73 bits per heavy atom.